The van der Waals surface area contributed by atoms with Crippen molar-refractivity contribution in [3.8, 4) is 0 Å². The summed E-state index contributed by atoms with van der Waals surface area (Å²) in [6.45, 7) is 0. The molecule has 0 aliphatic rings. The van der Waals surface area contributed by atoms with E-state index >= 15 is 0 Å². The molecule has 0 radical (unpaired) electrons. The number of rotatable bonds is 2. The van der Waals surface area contributed by atoms with E-state index in [0.717, 1.165) is 0 Å². The van der Waals surface area contributed by atoms with E-state index in [1.54, 1.807) is 0 Å². The molecule has 1 amide bonds. The molecule has 0 spiro atoms. The molecule has 0 aliphatic heterocycles. The highest BCUT2D eigenvalue weighted by atomic mass is 19.4. The summed E-state index contributed by atoms with van der Waals surface area (Å²) in [6, 6.07) is 0. The van der Waals surface area contributed by atoms with Crippen molar-refractivity contribution < 1.29 is 40.3 Å². The normalized spacial score (nSPS) is 17.6. The Morgan fingerprint density at radius 3 is 1.43 bits per heavy atom. The average Bonchev–Trinajstić information content (AvgIpc) is 1.79. The fourth-order valence-corrected chi connectivity index (χ4v) is 0.407. The summed E-state index contributed by atoms with van der Waals surface area (Å²) in [4.78, 5) is 9.85. The van der Waals surface area contributed by atoms with E-state index in [1.807, 2.05) is 4.74 Å². The van der Waals surface area contributed by atoms with Crippen LogP contribution in [0.25, 0.3) is 0 Å². The van der Waals surface area contributed by atoms with Crippen molar-refractivity contribution in [1.82, 2.24) is 0 Å². The van der Waals surface area contributed by atoms with Gasteiger partial charge in [0.15, 0.2) is 0 Å². The molecule has 0 fully saturated rings. The number of carbonyl (C=O) groups is 1. The Morgan fingerprint density at radius 1 is 1.00 bits per heavy atom. The van der Waals surface area contributed by atoms with Crippen molar-refractivity contribution in [1.29, 1.82) is 0 Å². The van der Waals surface area contributed by atoms with Crippen molar-refractivity contribution in [3.05, 3.63) is 0 Å². The van der Waals surface area contributed by atoms with Gasteiger partial charge in [-0.3, -0.25) is 4.79 Å². The molecule has 0 heterocycles. The van der Waals surface area contributed by atoms with Crippen LogP contribution in [-0.4, -0.2) is 24.3 Å². The van der Waals surface area contributed by atoms with Crippen LogP contribution in [0.5, 0.6) is 0 Å². The second-order valence-corrected chi connectivity index (χ2v) is 2.01. The quantitative estimate of drug-likeness (QED) is 0.724. The zero-order chi connectivity index (χ0) is 11.8. The van der Waals surface area contributed by atoms with Gasteiger partial charge in [-0.15, -0.1) is 13.2 Å². The molecular formula is C4H2F7NO2. The molecule has 0 aromatic carbocycles. The minimum atomic E-state index is -6.20. The number of alkyl halides is 7. The maximum atomic E-state index is 12.4. The first-order valence-corrected chi connectivity index (χ1v) is 2.72. The number of ether oxygens (including phenoxy) is 1. The van der Waals surface area contributed by atoms with Gasteiger partial charge >= 0.3 is 18.4 Å². The molecule has 14 heavy (non-hydrogen) atoms. The van der Waals surface area contributed by atoms with E-state index < -0.39 is 24.3 Å². The summed E-state index contributed by atoms with van der Waals surface area (Å²) in [5.74, 6) is -8.49. The van der Waals surface area contributed by atoms with Crippen molar-refractivity contribution in [2.75, 3.05) is 0 Å². The van der Waals surface area contributed by atoms with Crippen molar-refractivity contribution in [2.24, 2.45) is 5.73 Å². The molecule has 0 aromatic heterocycles. The first-order chi connectivity index (χ1) is 5.90. The molecule has 0 aromatic rings. The lowest BCUT2D eigenvalue weighted by Crippen LogP contribution is -2.56. The van der Waals surface area contributed by atoms with Crippen molar-refractivity contribution in [2.45, 2.75) is 18.4 Å². The van der Waals surface area contributed by atoms with Crippen LogP contribution in [0, 0.1) is 0 Å². The lowest BCUT2D eigenvalue weighted by molar-refractivity contribution is -0.431. The molecule has 0 bridgehead atoms. The Morgan fingerprint density at radius 2 is 1.36 bits per heavy atom. The van der Waals surface area contributed by atoms with Gasteiger partial charge in [0, 0.05) is 0 Å². The Kier molecular flexibility index (Phi) is 3.01. The molecule has 2 N–H and O–H groups in total. The summed E-state index contributed by atoms with van der Waals surface area (Å²) >= 11 is 0. The largest absolute Gasteiger partial charge is 0.525 e. The number of halogens is 7. The van der Waals surface area contributed by atoms with Crippen LogP contribution in [-0.2, 0) is 9.53 Å². The first-order valence-electron chi connectivity index (χ1n) is 2.72. The average molecular weight is 229 g/mol. The summed E-state index contributed by atoms with van der Waals surface area (Å²) in [6.07, 6.45) is -12.2. The van der Waals surface area contributed by atoms with E-state index in [0.29, 0.717) is 0 Å². The number of carbonyl (C=O) groups excluding carboxylic acids is 1. The summed E-state index contributed by atoms with van der Waals surface area (Å²) in [5.41, 5.74) is 3.81. The van der Waals surface area contributed by atoms with Crippen LogP contribution in [0.2, 0.25) is 0 Å². The lowest BCUT2D eigenvalue weighted by atomic mass is 10.3. The van der Waals surface area contributed by atoms with E-state index in [2.05, 4.69) is 5.73 Å². The molecule has 3 nitrogen and oxygen atoms in total. The third-order valence-corrected chi connectivity index (χ3v) is 0.938. The molecule has 1 atom stereocenters. The molecule has 0 saturated carbocycles. The van der Waals surface area contributed by atoms with Crippen LogP contribution >= 0.6 is 0 Å². The molecular weight excluding hydrogens is 227 g/mol. The molecule has 0 aliphatic carbocycles. The SMILES string of the molecule is NC(=O)[C@](F)(OC(F)(F)F)C(F)(F)F. The van der Waals surface area contributed by atoms with Crippen molar-refractivity contribution in [3.63, 3.8) is 0 Å². The highest BCUT2D eigenvalue weighted by molar-refractivity contribution is 5.82. The zero-order valence-corrected chi connectivity index (χ0v) is 6.04. The fourth-order valence-electron chi connectivity index (χ4n) is 0.407. The van der Waals surface area contributed by atoms with E-state index in [9.17, 15) is 35.5 Å². The van der Waals surface area contributed by atoms with Crippen LogP contribution in [0.4, 0.5) is 30.7 Å². The van der Waals surface area contributed by atoms with Gasteiger partial charge < -0.3 is 5.73 Å². The molecule has 0 rings (SSSR count). The maximum Gasteiger partial charge on any atom is 0.525 e. The van der Waals surface area contributed by atoms with Gasteiger partial charge in [-0.2, -0.15) is 17.6 Å². The Labute approximate surface area is 71.6 Å². The summed E-state index contributed by atoms with van der Waals surface area (Å²) in [5, 5.41) is 0. The number of primary amides is 1. The Bertz CT molecular complexity index is 233. The third-order valence-electron chi connectivity index (χ3n) is 0.938. The fraction of sp³-hybridized carbons (Fsp3) is 0.750. The third kappa shape index (κ3) is 2.72. The van der Waals surface area contributed by atoms with Gasteiger partial charge in [0.05, 0.1) is 0 Å². The van der Waals surface area contributed by atoms with Crippen LogP contribution in [0.3, 0.4) is 0 Å². The Balaban J connectivity index is 5.04. The van der Waals surface area contributed by atoms with E-state index in [4.69, 9.17) is 0 Å². The number of hydrogen-bond donors (Lipinski definition) is 1. The molecule has 10 heteroatoms. The number of amides is 1. The minimum absolute atomic E-state index is 1.98. The van der Waals surface area contributed by atoms with Crippen molar-refractivity contribution >= 4 is 5.91 Å². The van der Waals surface area contributed by atoms with Gasteiger partial charge in [0.2, 0.25) is 0 Å². The predicted molar refractivity (Wildman–Crippen MR) is 26.2 cm³/mol. The molecule has 0 saturated heterocycles. The minimum Gasteiger partial charge on any atom is -0.364 e. The topological polar surface area (TPSA) is 52.3 Å². The summed E-state index contributed by atoms with van der Waals surface area (Å²) in [7, 11) is 0. The van der Waals surface area contributed by atoms with Crippen LogP contribution in [0.15, 0.2) is 0 Å². The van der Waals surface area contributed by atoms with E-state index in [1.165, 1.54) is 0 Å². The lowest BCUT2D eigenvalue weighted by Gasteiger charge is -2.25. The highest BCUT2D eigenvalue weighted by Gasteiger charge is 2.67. The number of hydrogen-bond acceptors (Lipinski definition) is 2. The highest BCUT2D eigenvalue weighted by Crippen LogP contribution is 2.39. The standard InChI is InChI=1S/C4H2F7NO2/c5-2(1(12)13,3(6,7)8)14-4(9,10)11/h(H2,12,13)/t2-/m0/s1. The van der Waals surface area contributed by atoms with Gasteiger partial charge in [-0.05, 0) is 0 Å². The molecule has 84 valence electrons. The first kappa shape index (κ1) is 12.9. The van der Waals surface area contributed by atoms with Gasteiger partial charge in [-0.25, -0.2) is 4.74 Å². The monoisotopic (exact) mass is 229 g/mol. The second kappa shape index (κ2) is 3.26. The van der Waals surface area contributed by atoms with Crippen LogP contribution < -0.4 is 5.73 Å². The molecule has 0 unspecified atom stereocenters. The Hall–Kier alpha value is -1.06. The maximum absolute atomic E-state index is 12.4. The van der Waals surface area contributed by atoms with Crippen LogP contribution in [0.1, 0.15) is 0 Å². The second-order valence-electron chi connectivity index (χ2n) is 2.01. The zero-order valence-electron chi connectivity index (χ0n) is 6.04. The number of nitrogens with two attached hydrogens (primary N) is 1. The summed E-state index contributed by atoms with van der Waals surface area (Å²) < 4.78 is 82.9. The van der Waals surface area contributed by atoms with Gasteiger partial charge in [0.1, 0.15) is 0 Å². The smallest absolute Gasteiger partial charge is 0.364 e. The van der Waals surface area contributed by atoms with E-state index in [-0.39, 0.29) is 0 Å². The predicted octanol–water partition coefficient (Wildman–Crippen LogP) is 1.24. The van der Waals surface area contributed by atoms with Gasteiger partial charge in [0.25, 0.3) is 5.91 Å². The van der Waals surface area contributed by atoms with Gasteiger partial charge in [-0.1, -0.05) is 0 Å².